The second-order valence-corrected chi connectivity index (χ2v) is 4.96. The first-order valence-electron chi connectivity index (χ1n) is 6.17. The van der Waals surface area contributed by atoms with Crippen LogP contribution in [-0.4, -0.2) is 24.3 Å². The molecule has 1 N–H and O–H groups in total. The Labute approximate surface area is 97.9 Å². The van der Waals surface area contributed by atoms with Gasteiger partial charge >= 0.3 is 0 Å². The van der Waals surface area contributed by atoms with Gasteiger partial charge in [-0.25, -0.2) is 0 Å². The number of hydrogen-bond donors (Lipinski definition) is 1. The Morgan fingerprint density at radius 2 is 2.19 bits per heavy atom. The molecule has 0 spiro atoms. The van der Waals surface area contributed by atoms with Gasteiger partial charge in [0.05, 0.1) is 0 Å². The number of hydrogen-bond acceptors (Lipinski definition) is 2. The minimum absolute atomic E-state index is 0.269. The van der Waals surface area contributed by atoms with Gasteiger partial charge < -0.3 is 10.0 Å². The fraction of sp³-hybridized carbons (Fsp3) is 0.571. The Bertz CT molecular complexity index is 350. The molecule has 0 bridgehead atoms. The first-order chi connectivity index (χ1) is 7.72. The minimum atomic E-state index is 0.269. The quantitative estimate of drug-likeness (QED) is 0.844. The summed E-state index contributed by atoms with van der Waals surface area (Å²) in [6.45, 7) is 5.60. The molecule has 0 radical (unpaired) electrons. The van der Waals surface area contributed by atoms with Crippen molar-refractivity contribution in [3.63, 3.8) is 0 Å². The van der Waals surface area contributed by atoms with Crippen molar-refractivity contribution >= 4 is 5.69 Å². The van der Waals surface area contributed by atoms with E-state index in [1.807, 2.05) is 0 Å². The van der Waals surface area contributed by atoms with Gasteiger partial charge in [-0.3, -0.25) is 0 Å². The molecule has 1 heterocycles. The number of aliphatic hydroxyl groups is 1. The highest BCUT2D eigenvalue weighted by Crippen LogP contribution is 2.30. The van der Waals surface area contributed by atoms with E-state index in [4.69, 9.17) is 0 Å². The summed E-state index contributed by atoms with van der Waals surface area (Å²) in [6, 6.07) is 9.23. The van der Waals surface area contributed by atoms with E-state index in [-0.39, 0.29) is 6.61 Å². The van der Waals surface area contributed by atoms with Crippen molar-refractivity contribution in [3.8, 4) is 0 Å². The zero-order valence-corrected chi connectivity index (χ0v) is 10.2. The Kier molecular flexibility index (Phi) is 3.49. The zero-order valence-electron chi connectivity index (χ0n) is 10.2. The van der Waals surface area contributed by atoms with Crippen molar-refractivity contribution in [1.29, 1.82) is 0 Å². The van der Waals surface area contributed by atoms with Crippen LogP contribution in [0, 0.1) is 5.92 Å². The van der Waals surface area contributed by atoms with Crippen molar-refractivity contribution in [3.05, 3.63) is 29.8 Å². The molecule has 0 amide bonds. The van der Waals surface area contributed by atoms with Crippen LogP contribution in [0.5, 0.6) is 0 Å². The summed E-state index contributed by atoms with van der Waals surface area (Å²) in [5.41, 5.74) is 2.81. The number of aryl methyl sites for hydroxylation is 1. The van der Waals surface area contributed by atoms with E-state index in [0.29, 0.717) is 12.0 Å². The van der Waals surface area contributed by atoms with Crippen molar-refractivity contribution in [2.45, 2.75) is 32.7 Å². The van der Waals surface area contributed by atoms with Gasteiger partial charge in [-0.1, -0.05) is 25.1 Å². The zero-order chi connectivity index (χ0) is 11.5. The molecule has 2 rings (SSSR count). The number of fused-ring (bicyclic) bond motifs is 1. The molecular weight excluding hydrogens is 198 g/mol. The van der Waals surface area contributed by atoms with E-state index >= 15 is 0 Å². The third-order valence-electron chi connectivity index (χ3n) is 3.48. The Morgan fingerprint density at radius 1 is 1.44 bits per heavy atom. The van der Waals surface area contributed by atoms with E-state index < -0.39 is 0 Å². The lowest BCUT2D eigenvalue weighted by atomic mass is 9.95. The monoisotopic (exact) mass is 219 g/mol. The summed E-state index contributed by atoms with van der Waals surface area (Å²) in [5, 5.41) is 9.17. The van der Waals surface area contributed by atoms with Gasteiger partial charge in [0.25, 0.3) is 0 Å². The molecule has 2 atom stereocenters. The number of benzene rings is 1. The molecule has 88 valence electrons. The van der Waals surface area contributed by atoms with Crippen LogP contribution in [0.1, 0.15) is 25.8 Å². The topological polar surface area (TPSA) is 23.5 Å². The minimum Gasteiger partial charge on any atom is -0.396 e. The second-order valence-electron chi connectivity index (χ2n) is 4.96. The second kappa shape index (κ2) is 4.88. The van der Waals surface area contributed by atoms with E-state index in [0.717, 1.165) is 6.54 Å². The summed E-state index contributed by atoms with van der Waals surface area (Å²) < 4.78 is 0. The van der Waals surface area contributed by atoms with Gasteiger partial charge in [0.1, 0.15) is 0 Å². The predicted octanol–water partition coefficient (Wildman–Crippen LogP) is 2.46. The molecule has 0 fully saturated rings. The third-order valence-corrected chi connectivity index (χ3v) is 3.48. The normalized spacial score (nSPS) is 21.7. The maximum Gasteiger partial charge on any atom is 0.0473 e. The van der Waals surface area contributed by atoms with Crippen LogP contribution < -0.4 is 4.90 Å². The number of nitrogens with zero attached hydrogens (tertiary/aromatic N) is 1. The smallest absolute Gasteiger partial charge is 0.0473 e. The fourth-order valence-electron chi connectivity index (χ4n) is 2.43. The highest BCUT2D eigenvalue weighted by atomic mass is 16.3. The first kappa shape index (κ1) is 11.5. The van der Waals surface area contributed by atoms with Crippen molar-refractivity contribution in [1.82, 2.24) is 0 Å². The van der Waals surface area contributed by atoms with E-state index in [1.165, 1.54) is 24.1 Å². The summed E-state index contributed by atoms with van der Waals surface area (Å²) in [6.07, 6.45) is 2.40. The Balaban J connectivity index is 2.22. The van der Waals surface area contributed by atoms with Crippen LogP contribution in [0.4, 0.5) is 5.69 Å². The molecule has 0 saturated heterocycles. The van der Waals surface area contributed by atoms with E-state index in [9.17, 15) is 5.11 Å². The molecule has 0 aromatic heterocycles. The van der Waals surface area contributed by atoms with Gasteiger partial charge in [0.15, 0.2) is 0 Å². The fourth-order valence-corrected chi connectivity index (χ4v) is 2.43. The maximum atomic E-state index is 9.17. The molecule has 0 aliphatic carbocycles. The van der Waals surface area contributed by atoms with Crippen LogP contribution >= 0.6 is 0 Å². The summed E-state index contributed by atoms with van der Waals surface area (Å²) >= 11 is 0. The molecular formula is C14H21NO. The van der Waals surface area contributed by atoms with Crippen LogP contribution in [-0.2, 0) is 6.42 Å². The van der Waals surface area contributed by atoms with Crippen LogP contribution in [0.2, 0.25) is 0 Å². The maximum absolute atomic E-state index is 9.17. The molecule has 1 aromatic rings. The average molecular weight is 219 g/mol. The predicted molar refractivity (Wildman–Crippen MR) is 67.8 cm³/mol. The lowest BCUT2D eigenvalue weighted by molar-refractivity contribution is 0.236. The highest BCUT2D eigenvalue weighted by molar-refractivity contribution is 5.56. The molecule has 2 unspecified atom stereocenters. The highest BCUT2D eigenvalue weighted by Gasteiger charge is 2.23. The summed E-state index contributed by atoms with van der Waals surface area (Å²) in [4.78, 5) is 2.44. The summed E-state index contributed by atoms with van der Waals surface area (Å²) in [7, 11) is 0. The van der Waals surface area contributed by atoms with Gasteiger partial charge in [0.2, 0.25) is 0 Å². The largest absolute Gasteiger partial charge is 0.396 e. The lowest BCUT2D eigenvalue weighted by Crippen LogP contribution is -2.40. The van der Waals surface area contributed by atoms with E-state index in [2.05, 4.69) is 43.0 Å². The van der Waals surface area contributed by atoms with Gasteiger partial charge in [-0.15, -0.1) is 0 Å². The van der Waals surface area contributed by atoms with Gasteiger partial charge in [-0.05, 0) is 37.3 Å². The van der Waals surface area contributed by atoms with E-state index in [1.54, 1.807) is 0 Å². The molecule has 2 nitrogen and oxygen atoms in total. The lowest BCUT2D eigenvalue weighted by Gasteiger charge is -2.38. The average Bonchev–Trinajstić information content (AvgIpc) is 2.32. The molecule has 1 aromatic carbocycles. The first-order valence-corrected chi connectivity index (χ1v) is 6.17. The Morgan fingerprint density at radius 3 is 2.94 bits per heavy atom. The van der Waals surface area contributed by atoms with Crippen molar-refractivity contribution < 1.29 is 5.11 Å². The molecule has 1 aliphatic heterocycles. The van der Waals surface area contributed by atoms with Gasteiger partial charge in [0, 0.05) is 24.9 Å². The number of aliphatic hydroxyl groups excluding tert-OH is 1. The van der Waals surface area contributed by atoms with Crippen molar-refractivity contribution in [2.24, 2.45) is 5.92 Å². The van der Waals surface area contributed by atoms with Gasteiger partial charge in [-0.2, -0.15) is 0 Å². The molecule has 16 heavy (non-hydrogen) atoms. The van der Waals surface area contributed by atoms with Crippen LogP contribution in [0.3, 0.4) is 0 Å². The Hall–Kier alpha value is -1.02. The SMILES string of the molecule is CC(CO)CN1c2ccccc2CCC1C. The third kappa shape index (κ3) is 2.22. The number of rotatable bonds is 3. The summed E-state index contributed by atoms with van der Waals surface area (Å²) in [5.74, 6) is 0.341. The molecule has 2 heteroatoms. The molecule has 0 saturated carbocycles. The van der Waals surface area contributed by atoms with Crippen molar-refractivity contribution in [2.75, 3.05) is 18.1 Å². The number of anilines is 1. The number of para-hydroxylation sites is 1. The van der Waals surface area contributed by atoms with Crippen LogP contribution in [0.15, 0.2) is 24.3 Å². The standard InChI is InChI=1S/C14H21NO/c1-11(10-16)9-15-12(2)7-8-13-5-3-4-6-14(13)15/h3-6,11-12,16H,7-10H2,1-2H3. The molecule has 1 aliphatic rings. The van der Waals surface area contributed by atoms with Crippen LogP contribution in [0.25, 0.3) is 0 Å².